The van der Waals surface area contributed by atoms with Crippen molar-refractivity contribution in [3.05, 3.63) is 126 Å². The van der Waals surface area contributed by atoms with Gasteiger partial charge in [0.25, 0.3) is 0 Å². The molecular formula is C31H27F3N2O4S. The van der Waals surface area contributed by atoms with E-state index < -0.39 is 31.2 Å². The molecule has 1 unspecified atom stereocenters. The minimum absolute atomic E-state index is 0.0257. The molecule has 41 heavy (non-hydrogen) atoms. The average molecular weight is 581 g/mol. The Morgan fingerprint density at radius 1 is 0.902 bits per heavy atom. The summed E-state index contributed by atoms with van der Waals surface area (Å²) >= 11 is 0. The normalized spacial score (nSPS) is 17.4. The first kappa shape index (κ1) is 28.4. The number of sulfone groups is 1. The van der Waals surface area contributed by atoms with Gasteiger partial charge in [-0.15, -0.1) is 0 Å². The topological polar surface area (TPSA) is 76.6 Å². The van der Waals surface area contributed by atoms with E-state index in [9.17, 15) is 26.4 Å². The first-order valence-corrected chi connectivity index (χ1v) is 14.4. The second-order valence-corrected chi connectivity index (χ2v) is 12.2. The molecule has 1 fully saturated rings. The van der Waals surface area contributed by atoms with Gasteiger partial charge in [0.15, 0.2) is 9.84 Å². The summed E-state index contributed by atoms with van der Waals surface area (Å²) < 4.78 is 73.1. The number of hydrogen-bond acceptors (Lipinski definition) is 5. The summed E-state index contributed by atoms with van der Waals surface area (Å²) in [6.45, 7) is 0.249. The Morgan fingerprint density at radius 2 is 1.61 bits per heavy atom. The van der Waals surface area contributed by atoms with Gasteiger partial charge in [0.2, 0.25) is 5.91 Å². The van der Waals surface area contributed by atoms with Crippen molar-refractivity contribution in [3.63, 3.8) is 0 Å². The molecule has 0 spiro atoms. The van der Waals surface area contributed by atoms with Gasteiger partial charge in [-0.3, -0.25) is 9.78 Å². The monoisotopic (exact) mass is 580 g/mol. The molecule has 1 aliphatic rings. The highest BCUT2D eigenvalue weighted by atomic mass is 32.2. The van der Waals surface area contributed by atoms with Crippen LogP contribution in [-0.2, 0) is 38.6 Å². The molecule has 6 nitrogen and oxygen atoms in total. The third-order valence-corrected chi connectivity index (χ3v) is 9.78. The van der Waals surface area contributed by atoms with Gasteiger partial charge in [0.1, 0.15) is 17.1 Å². The van der Waals surface area contributed by atoms with Crippen molar-refractivity contribution in [2.24, 2.45) is 0 Å². The summed E-state index contributed by atoms with van der Waals surface area (Å²) in [6, 6.07) is 23.2. The van der Waals surface area contributed by atoms with E-state index in [0.717, 1.165) is 23.3 Å². The summed E-state index contributed by atoms with van der Waals surface area (Å²) in [5, 5.41) is 0. The maximum absolute atomic E-state index is 14.2. The molecule has 1 aromatic heterocycles. The number of nitrogens with zero attached hydrogens (tertiary/aromatic N) is 2. The van der Waals surface area contributed by atoms with Crippen molar-refractivity contribution in [2.75, 3.05) is 13.1 Å². The quantitative estimate of drug-likeness (QED) is 0.262. The van der Waals surface area contributed by atoms with Crippen LogP contribution in [0.25, 0.3) is 0 Å². The smallest absolute Gasteiger partial charge is 0.416 e. The molecule has 0 saturated carbocycles. The molecule has 1 aliphatic heterocycles. The van der Waals surface area contributed by atoms with E-state index in [-0.39, 0.29) is 31.8 Å². The highest BCUT2D eigenvalue weighted by molar-refractivity contribution is 7.92. The van der Waals surface area contributed by atoms with Crippen molar-refractivity contribution >= 4 is 15.7 Å². The molecular weight excluding hydrogens is 553 g/mol. The highest BCUT2D eigenvalue weighted by Gasteiger charge is 2.52. The van der Waals surface area contributed by atoms with Gasteiger partial charge in [0, 0.05) is 25.5 Å². The van der Waals surface area contributed by atoms with Crippen LogP contribution in [0, 0.1) is 0 Å². The van der Waals surface area contributed by atoms with Crippen molar-refractivity contribution in [1.29, 1.82) is 0 Å². The van der Waals surface area contributed by atoms with Crippen LogP contribution < -0.4 is 4.74 Å². The Bertz CT molecular complexity index is 1610. The molecule has 4 aromatic rings. The molecule has 1 saturated heterocycles. The number of carbonyl (C=O) groups is 1. The van der Waals surface area contributed by atoms with E-state index in [0.29, 0.717) is 24.0 Å². The molecule has 5 rings (SSSR count). The molecule has 1 amide bonds. The van der Waals surface area contributed by atoms with Gasteiger partial charge in [-0.05, 0) is 65.6 Å². The Morgan fingerprint density at radius 3 is 2.29 bits per heavy atom. The minimum Gasteiger partial charge on any atom is -0.489 e. The Kier molecular flexibility index (Phi) is 7.86. The van der Waals surface area contributed by atoms with Crippen LogP contribution >= 0.6 is 0 Å². The molecule has 2 heterocycles. The third-order valence-electron chi connectivity index (χ3n) is 7.30. The predicted molar refractivity (Wildman–Crippen MR) is 147 cm³/mol. The fourth-order valence-electron chi connectivity index (χ4n) is 5.05. The molecule has 1 atom stereocenters. The molecule has 0 radical (unpaired) electrons. The van der Waals surface area contributed by atoms with Gasteiger partial charge >= 0.3 is 6.18 Å². The maximum Gasteiger partial charge on any atom is 0.416 e. The highest BCUT2D eigenvalue weighted by Crippen LogP contribution is 2.44. The van der Waals surface area contributed by atoms with Gasteiger partial charge in [-0.2, -0.15) is 13.2 Å². The van der Waals surface area contributed by atoms with Crippen LogP contribution in [0.15, 0.2) is 108 Å². The lowest BCUT2D eigenvalue weighted by atomic mass is 9.97. The van der Waals surface area contributed by atoms with E-state index in [1.54, 1.807) is 48.8 Å². The van der Waals surface area contributed by atoms with Gasteiger partial charge in [-0.1, -0.05) is 48.5 Å². The van der Waals surface area contributed by atoms with Crippen molar-refractivity contribution in [2.45, 2.75) is 35.3 Å². The summed E-state index contributed by atoms with van der Waals surface area (Å²) in [4.78, 5) is 18.2. The number of alkyl halides is 3. The van der Waals surface area contributed by atoms with Crippen LogP contribution in [0.4, 0.5) is 13.2 Å². The number of ether oxygens (including phenoxy) is 1. The van der Waals surface area contributed by atoms with E-state index in [1.807, 2.05) is 30.3 Å². The molecule has 10 heteroatoms. The number of benzene rings is 3. The molecule has 212 valence electrons. The lowest BCUT2D eigenvalue weighted by molar-refractivity contribution is -0.137. The lowest BCUT2D eigenvalue weighted by Gasteiger charge is -2.30. The van der Waals surface area contributed by atoms with Crippen LogP contribution in [-0.4, -0.2) is 37.3 Å². The first-order chi connectivity index (χ1) is 19.6. The first-order valence-electron chi connectivity index (χ1n) is 12.9. The van der Waals surface area contributed by atoms with E-state index in [2.05, 4.69) is 4.98 Å². The number of amides is 1. The number of rotatable bonds is 8. The second kappa shape index (κ2) is 11.4. The third kappa shape index (κ3) is 5.97. The number of pyridine rings is 1. The zero-order chi connectivity index (χ0) is 29.1. The number of hydrogen-bond donors (Lipinski definition) is 0. The molecule has 0 N–H and O–H groups in total. The van der Waals surface area contributed by atoms with Crippen LogP contribution in [0.3, 0.4) is 0 Å². The standard InChI is InChI=1S/C31H27F3N2O4S/c32-31(33,34)26-7-4-8-28(20-26)41(38,39)30(15-18-36(22-30)29(37)19-23-13-16-35-17-14-23)25-9-11-27(12-10-25)40-21-24-5-2-1-3-6-24/h1-14,16-17,20H,15,18-19,21-22H2. The van der Waals surface area contributed by atoms with Gasteiger partial charge in [0.05, 0.1) is 16.9 Å². The largest absolute Gasteiger partial charge is 0.489 e. The zero-order valence-corrected chi connectivity index (χ0v) is 22.7. The fraction of sp³-hybridized carbons (Fsp3) is 0.226. The number of likely N-dealkylation sites (tertiary alicyclic amines) is 1. The second-order valence-electron chi connectivity index (χ2n) is 9.92. The van der Waals surface area contributed by atoms with Crippen molar-refractivity contribution in [3.8, 4) is 5.75 Å². The Hall–Kier alpha value is -4.18. The SMILES string of the molecule is O=C(Cc1ccncc1)N1CCC(c2ccc(OCc3ccccc3)cc2)(S(=O)(=O)c2cccc(C(F)(F)F)c2)C1. The molecule has 3 aromatic carbocycles. The Balaban J connectivity index is 1.48. The lowest BCUT2D eigenvalue weighted by Crippen LogP contribution is -2.41. The summed E-state index contributed by atoms with van der Waals surface area (Å²) in [5.74, 6) is 0.230. The molecule has 0 aliphatic carbocycles. The number of halogens is 3. The van der Waals surface area contributed by atoms with Crippen LogP contribution in [0.2, 0.25) is 0 Å². The van der Waals surface area contributed by atoms with Crippen LogP contribution in [0.5, 0.6) is 5.75 Å². The predicted octanol–water partition coefficient (Wildman–Crippen LogP) is 5.82. The summed E-state index contributed by atoms with van der Waals surface area (Å²) in [6.07, 6.45) is -1.50. The number of aromatic nitrogens is 1. The summed E-state index contributed by atoms with van der Waals surface area (Å²) in [5.41, 5.74) is 1.01. The van der Waals surface area contributed by atoms with Crippen molar-refractivity contribution in [1.82, 2.24) is 9.88 Å². The van der Waals surface area contributed by atoms with E-state index in [1.165, 1.54) is 11.0 Å². The fourth-order valence-corrected chi connectivity index (χ4v) is 7.18. The Labute approximate surface area is 236 Å². The number of carbonyl (C=O) groups excluding carboxylic acids is 1. The average Bonchev–Trinajstić information content (AvgIpc) is 3.45. The van der Waals surface area contributed by atoms with E-state index >= 15 is 0 Å². The minimum atomic E-state index is -4.71. The van der Waals surface area contributed by atoms with Crippen LogP contribution in [0.1, 0.15) is 28.7 Å². The van der Waals surface area contributed by atoms with Crippen molar-refractivity contribution < 1.29 is 31.1 Å². The zero-order valence-electron chi connectivity index (χ0n) is 21.9. The summed E-state index contributed by atoms with van der Waals surface area (Å²) in [7, 11) is -4.39. The van der Waals surface area contributed by atoms with E-state index in [4.69, 9.17) is 4.74 Å². The van der Waals surface area contributed by atoms with Gasteiger partial charge in [-0.25, -0.2) is 8.42 Å². The van der Waals surface area contributed by atoms with Gasteiger partial charge < -0.3 is 9.64 Å². The maximum atomic E-state index is 14.2. The molecule has 0 bridgehead atoms.